The maximum atomic E-state index is 13.8. The predicted molar refractivity (Wildman–Crippen MR) is 392 cm³/mol. The van der Waals surface area contributed by atoms with Crippen molar-refractivity contribution in [2.24, 2.45) is 5.73 Å². The fourth-order valence-corrected chi connectivity index (χ4v) is 12.1. The van der Waals surface area contributed by atoms with Crippen molar-refractivity contribution in [1.82, 2.24) is 58.5 Å². The van der Waals surface area contributed by atoms with Crippen molar-refractivity contribution in [3.63, 3.8) is 0 Å². The zero-order valence-electron chi connectivity index (χ0n) is 66.1. The molecular weight excluding hydrogens is 1610 g/mol. The molecule has 680 valence electrons. The van der Waals surface area contributed by atoms with Gasteiger partial charge in [-0.1, -0.05) is 0 Å². The molecule has 0 bridgehead atoms. The molecule has 2 aliphatic heterocycles. The number of aliphatic hydroxyl groups is 12. The maximum Gasteiger partial charge on any atom is 0.326 e. The van der Waals surface area contributed by atoms with Crippen LogP contribution in [0, 0.1) is 0 Å². The first-order chi connectivity index (χ1) is 55.6. The summed E-state index contributed by atoms with van der Waals surface area (Å²) in [5.74, 6) is -19.9. The Labute approximate surface area is 678 Å². The summed E-state index contributed by atoms with van der Waals surface area (Å²) in [6, 6.07) is -20.7. The van der Waals surface area contributed by atoms with Crippen LogP contribution in [0.5, 0.6) is 0 Å². The van der Waals surface area contributed by atoms with E-state index in [1.807, 2.05) is 0 Å². The number of carbonyl (C=O) groups excluding carboxylic acids is 11. The molecule has 0 aromatic rings. The van der Waals surface area contributed by atoms with Crippen molar-refractivity contribution in [1.29, 1.82) is 0 Å². The summed E-state index contributed by atoms with van der Waals surface area (Å²) in [4.78, 5) is 205. The van der Waals surface area contributed by atoms with Crippen LogP contribution < -0.4 is 64.2 Å². The van der Waals surface area contributed by atoms with Crippen LogP contribution in [-0.4, -0.2) is 392 Å². The molecule has 0 saturated carbocycles. The van der Waals surface area contributed by atoms with Crippen molar-refractivity contribution in [2.45, 2.75) is 290 Å². The highest BCUT2D eigenvalue weighted by molar-refractivity contribution is 5.94. The van der Waals surface area contributed by atoms with Crippen molar-refractivity contribution >= 4 is 94.8 Å². The lowest BCUT2D eigenvalue weighted by Crippen LogP contribution is -2.67. The number of hydrogen-bond acceptors (Lipinski definition) is 35. The van der Waals surface area contributed by atoms with Gasteiger partial charge in [0.05, 0.1) is 51.7 Å². The van der Waals surface area contributed by atoms with E-state index in [0.717, 1.165) is 55.4 Å². The quantitative estimate of drug-likeness (QED) is 0.0269. The minimum Gasteiger partial charge on any atom is -0.480 e. The normalized spacial score (nSPS) is 23.7. The molecule has 119 heavy (non-hydrogen) atoms. The number of hydrogen-bond donors (Lipinski definition) is 29. The number of aliphatic hydroxyl groups excluding tert-OH is 12. The van der Waals surface area contributed by atoms with E-state index in [1.165, 1.54) is 0 Å². The van der Waals surface area contributed by atoms with Crippen molar-refractivity contribution in [3.05, 3.63) is 0 Å². The number of carbonyl (C=O) groups is 16. The Kier molecular flexibility index (Phi) is 46.3. The molecular formula is C68H114N12O39. The minimum absolute atomic E-state index is 0.231. The van der Waals surface area contributed by atoms with Crippen LogP contribution in [0.25, 0.3) is 0 Å². The number of carboxylic acid groups (broad SMARTS) is 5. The van der Waals surface area contributed by atoms with E-state index >= 15 is 0 Å². The van der Waals surface area contributed by atoms with Crippen molar-refractivity contribution in [2.75, 3.05) is 39.6 Å². The van der Waals surface area contributed by atoms with E-state index < -0.39 is 356 Å². The molecule has 2 saturated heterocycles. The van der Waals surface area contributed by atoms with Crippen LogP contribution in [0.4, 0.5) is 0 Å². The van der Waals surface area contributed by atoms with Gasteiger partial charge in [-0.25, -0.2) is 19.2 Å². The third kappa shape index (κ3) is 34.8. The fraction of sp³-hybridized carbons (Fsp3) is 0.765. The number of amides is 11. The second-order valence-corrected chi connectivity index (χ2v) is 28.2. The number of aliphatic carboxylic acids is 5. The van der Waals surface area contributed by atoms with E-state index in [0.29, 0.717) is 0 Å². The summed E-state index contributed by atoms with van der Waals surface area (Å²) >= 11 is 0. The largest absolute Gasteiger partial charge is 0.480 e. The van der Waals surface area contributed by atoms with E-state index in [4.69, 9.17) is 34.2 Å². The molecule has 0 aliphatic carbocycles. The number of carboxylic acids is 5. The Morgan fingerprint density at radius 1 is 0.370 bits per heavy atom. The summed E-state index contributed by atoms with van der Waals surface area (Å²) in [5.41, 5.74) is 5.62. The molecule has 0 radical (unpaired) electrons. The van der Waals surface area contributed by atoms with Crippen LogP contribution in [-0.2, 0) is 105 Å². The molecule has 0 aromatic carbocycles. The molecule has 2 fully saturated rings. The van der Waals surface area contributed by atoms with Crippen LogP contribution >= 0.6 is 0 Å². The number of ether oxygens (including phenoxy) is 6. The van der Waals surface area contributed by atoms with E-state index in [-0.39, 0.29) is 12.8 Å². The molecule has 2 aliphatic rings. The van der Waals surface area contributed by atoms with Gasteiger partial charge in [0.2, 0.25) is 65.0 Å². The molecule has 30 N–H and O–H groups in total. The Balaban J connectivity index is 2.22. The van der Waals surface area contributed by atoms with Gasteiger partial charge in [0.15, 0.2) is 12.6 Å². The molecule has 28 atom stereocenters. The standard InChI is InChI=1S/C68H114N12O39/c1-25(70-59(101)27(3)114-53(39(19-81)72-29(5)87)55(41(91)21-83)118-67-47(74-31(7)89)51(97)49(95)43(23-85)116-67)57(99)78-37(65(110)111)15-17-45(93)76-34(12-9-11-33(69)62(104)105)61(103)80-36(64(108)109)14-10-13-35(63(106)107)77-46(94)18-16-38(66(112)113)79-58(100)26(2)71-60(102)28(4)115-54(40(20-82)73-30(6)88)56(42(92)22-84)119-68-48(75-32(8)90)52(98)50(96)44(24-86)117-68/h25-28,33-44,47-56,67-68,81-86,91-92,95-98H,9-24,69H2,1-8H3,(H,70,101)(H,71,102)(H,72,87)(H,73,88)(H,74,89)(H,75,90)(H,76,93)(H,77,94)(H,78,99)(H,79,100)(H,80,103)(H,104,105)(H,106,107)(H,108,109)(H,110,111)(H,112,113). The van der Waals surface area contributed by atoms with Crippen molar-refractivity contribution in [3.8, 4) is 0 Å². The summed E-state index contributed by atoms with van der Waals surface area (Å²) < 4.78 is 34.7. The van der Waals surface area contributed by atoms with Gasteiger partial charge in [0.1, 0.15) is 146 Å². The van der Waals surface area contributed by atoms with Gasteiger partial charge >= 0.3 is 29.8 Å². The topological polar surface area (TPSA) is 831 Å². The SMILES string of the molecule is CC(=O)NC(CO)C(OC(C)C(=O)NC(C)C(=O)NC(CCC(=O)NC(CCCC(NC(=O)C(CCCC(N)C(=O)O)NC(=O)CCC(NC(=O)C(C)NC(=O)C(C)OC(C(CO)NC(C)=O)C(OC1OC(CO)C(O)C(O)C1NC(C)=O)C(O)CO)C(=O)O)C(=O)O)C(=O)O)C(=O)O)C(OC1OC(CO)C(O)C(O)C1NC(C)=O)C(O)CO. The Morgan fingerprint density at radius 3 is 1.00 bits per heavy atom. The molecule has 11 amide bonds. The summed E-state index contributed by atoms with van der Waals surface area (Å²) in [5, 5.41) is 200. The zero-order valence-corrected chi connectivity index (χ0v) is 66.1. The summed E-state index contributed by atoms with van der Waals surface area (Å²) in [6.07, 6.45) is -35.7. The van der Waals surface area contributed by atoms with Gasteiger partial charge in [-0.2, -0.15) is 0 Å². The van der Waals surface area contributed by atoms with E-state index in [2.05, 4.69) is 58.5 Å². The van der Waals surface area contributed by atoms with E-state index in [1.54, 1.807) is 0 Å². The van der Waals surface area contributed by atoms with Crippen molar-refractivity contribution < 1.29 is 192 Å². The first kappa shape index (κ1) is 106. The van der Waals surface area contributed by atoms with E-state index in [9.17, 15) is 164 Å². The maximum absolute atomic E-state index is 13.8. The second kappa shape index (κ2) is 52.1. The highest BCUT2D eigenvalue weighted by Gasteiger charge is 2.52. The monoisotopic (exact) mass is 1720 g/mol. The average Bonchev–Trinajstić information content (AvgIpc) is 0.794. The lowest BCUT2D eigenvalue weighted by molar-refractivity contribution is -0.303. The van der Waals surface area contributed by atoms with Crippen LogP contribution in [0.2, 0.25) is 0 Å². The molecule has 0 aromatic heterocycles. The van der Waals surface area contributed by atoms with Gasteiger partial charge in [-0.3, -0.25) is 57.5 Å². The number of nitrogens with one attached hydrogen (secondary N) is 11. The first-order valence-electron chi connectivity index (χ1n) is 37.4. The Hall–Kier alpha value is -9.24. The molecule has 2 rings (SSSR count). The lowest BCUT2D eigenvalue weighted by atomic mass is 9.96. The molecule has 28 unspecified atom stereocenters. The Morgan fingerprint density at radius 2 is 0.689 bits per heavy atom. The second-order valence-electron chi connectivity index (χ2n) is 28.2. The molecule has 2 heterocycles. The predicted octanol–water partition coefficient (Wildman–Crippen LogP) is -14.0. The van der Waals surface area contributed by atoms with Crippen LogP contribution in [0.15, 0.2) is 0 Å². The Bertz CT molecular complexity index is 3390. The minimum atomic E-state index is -2.07. The molecule has 51 heteroatoms. The van der Waals surface area contributed by atoms with Gasteiger partial charge in [0.25, 0.3) is 0 Å². The van der Waals surface area contributed by atoms with Crippen LogP contribution in [0.3, 0.4) is 0 Å². The third-order valence-corrected chi connectivity index (χ3v) is 18.6. The van der Waals surface area contributed by atoms with Gasteiger partial charge < -0.3 is 179 Å². The zero-order chi connectivity index (χ0) is 90.7. The van der Waals surface area contributed by atoms with Crippen LogP contribution in [0.1, 0.15) is 120 Å². The van der Waals surface area contributed by atoms with Gasteiger partial charge in [0, 0.05) is 40.5 Å². The lowest BCUT2D eigenvalue weighted by Gasteiger charge is -2.45. The molecule has 0 spiro atoms. The third-order valence-electron chi connectivity index (χ3n) is 18.6. The molecule has 51 nitrogen and oxygen atoms in total. The number of rotatable bonds is 55. The first-order valence-corrected chi connectivity index (χ1v) is 37.4. The average molecular weight is 1720 g/mol. The number of nitrogens with two attached hydrogens (primary N) is 1. The smallest absolute Gasteiger partial charge is 0.326 e. The van der Waals surface area contributed by atoms with Gasteiger partial charge in [-0.05, 0) is 79.1 Å². The summed E-state index contributed by atoms with van der Waals surface area (Å²) in [6.45, 7) is 1.98. The highest BCUT2D eigenvalue weighted by atomic mass is 16.7. The summed E-state index contributed by atoms with van der Waals surface area (Å²) in [7, 11) is 0. The van der Waals surface area contributed by atoms with Gasteiger partial charge in [-0.15, -0.1) is 0 Å². The fourth-order valence-electron chi connectivity index (χ4n) is 12.1. The highest BCUT2D eigenvalue weighted by Crippen LogP contribution is 2.29.